The van der Waals surface area contributed by atoms with Crippen LogP contribution in [0.4, 0.5) is 0 Å². The van der Waals surface area contributed by atoms with Crippen LogP contribution in [-0.2, 0) is 4.79 Å². The van der Waals surface area contributed by atoms with Crippen molar-refractivity contribution < 1.29 is 9.90 Å². The first-order chi connectivity index (χ1) is 7.12. The fraction of sp³-hybridized carbons (Fsp3) is 0.917. The number of carbonyl (C=O) groups excluding carboxylic acids is 1. The van der Waals surface area contributed by atoms with Crippen molar-refractivity contribution in [2.75, 3.05) is 13.1 Å². The Morgan fingerprint density at radius 1 is 1.56 bits per heavy atom. The number of rotatable bonds is 2. The summed E-state index contributed by atoms with van der Waals surface area (Å²) in [6.07, 6.45) is 1.02. The van der Waals surface area contributed by atoms with E-state index in [2.05, 4.69) is 0 Å². The maximum absolute atomic E-state index is 11.9. The number of hydrogen-bond donors (Lipinski definition) is 2. The molecule has 1 rings (SSSR count). The highest BCUT2D eigenvalue weighted by Crippen LogP contribution is 2.24. The lowest BCUT2D eigenvalue weighted by molar-refractivity contribution is -0.131. The number of likely N-dealkylation sites (tertiary alicyclic amines) is 1. The first-order valence-electron chi connectivity index (χ1n) is 5.87. The Morgan fingerprint density at radius 2 is 2.12 bits per heavy atom. The molecule has 1 amide bonds. The van der Waals surface area contributed by atoms with Crippen molar-refractivity contribution in [1.29, 1.82) is 0 Å². The third-order valence-corrected chi connectivity index (χ3v) is 3.31. The fourth-order valence-electron chi connectivity index (χ4n) is 1.78. The molecule has 2 unspecified atom stereocenters. The van der Waals surface area contributed by atoms with Gasteiger partial charge in [-0.25, -0.2) is 0 Å². The van der Waals surface area contributed by atoms with Gasteiger partial charge in [0.2, 0.25) is 5.91 Å². The summed E-state index contributed by atoms with van der Waals surface area (Å²) in [5, 5.41) is 9.78. The van der Waals surface area contributed by atoms with E-state index in [9.17, 15) is 9.90 Å². The summed E-state index contributed by atoms with van der Waals surface area (Å²) >= 11 is 0. The quantitative estimate of drug-likeness (QED) is 0.732. The summed E-state index contributed by atoms with van der Waals surface area (Å²) < 4.78 is 0. The standard InChI is InChI=1S/C12H24N2O2/c1-11(2,3)9(13)7-10(15)14-6-5-12(4,16)8-14/h9,16H,5-8,13H2,1-4H3. The maximum atomic E-state index is 11.9. The summed E-state index contributed by atoms with van der Waals surface area (Å²) in [6, 6.07) is -0.134. The molecule has 0 bridgehead atoms. The van der Waals surface area contributed by atoms with Crippen LogP contribution in [0.5, 0.6) is 0 Å². The van der Waals surface area contributed by atoms with E-state index in [1.165, 1.54) is 0 Å². The normalized spacial score (nSPS) is 28.2. The Balaban J connectivity index is 2.49. The number of β-amino-alcohol motifs (C(OH)–C–C–N with tert-alkyl or cyclic N) is 1. The van der Waals surface area contributed by atoms with E-state index >= 15 is 0 Å². The van der Waals surface area contributed by atoms with Crippen LogP contribution < -0.4 is 5.73 Å². The van der Waals surface area contributed by atoms with E-state index in [1.807, 2.05) is 20.8 Å². The van der Waals surface area contributed by atoms with Crippen molar-refractivity contribution >= 4 is 5.91 Å². The van der Waals surface area contributed by atoms with Gasteiger partial charge in [0.1, 0.15) is 0 Å². The molecule has 2 atom stereocenters. The number of amides is 1. The van der Waals surface area contributed by atoms with Crippen molar-refractivity contribution in [1.82, 2.24) is 4.90 Å². The molecule has 1 saturated heterocycles. The fourth-order valence-corrected chi connectivity index (χ4v) is 1.78. The minimum atomic E-state index is -0.721. The molecule has 1 aliphatic heterocycles. The molecule has 0 aliphatic carbocycles. The van der Waals surface area contributed by atoms with E-state index in [4.69, 9.17) is 5.73 Å². The molecule has 16 heavy (non-hydrogen) atoms. The average Bonchev–Trinajstić information content (AvgIpc) is 2.44. The third-order valence-electron chi connectivity index (χ3n) is 3.31. The minimum Gasteiger partial charge on any atom is -0.388 e. The predicted molar refractivity (Wildman–Crippen MR) is 63.9 cm³/mol. The van der Waals surface area contributed by atoms with Crippen molar-refractivity contribution in [2.45, 2.75) is 52.2 Å². The van der Waals surface area contributed by atoms with Gasteiger partial charge in [-0.1, -0.05) is 20.8 Å². The molecule has 1 aliphatic rings. The second-order valence-corrected chi connectivity index (χ2v) is 6.24. The zero-order chi connectivity index (χ0) is 12.6. The van der Waals surface area contributed by atoms with Crippen molar-refractivity contribution in [3.05, 3.63) is 0 Å². The summed E-state index contributed by atoms with van der Waals surface area (Å²) in [5.74, 6) is 0.0557. The van der Waals surface area contributed by atoms with Crippen LogP contribution in [-0.4, -0.2) is 40.6 Å². The summed E-state index contributed by atoms with van der Waals surface area (Å²) in [5.41, 5.74) is 5.20. The summed E-state index contributed by atoms with van der Waals surface area (Å²) in [4.78, 5) is 13.6. The molecule has 1 heterocycles. The highest BCUT2D eigenvalue weighted by Gasteiger charge is 2.35. The zero-order valence-corrected chi connectivity index (χ0v) is 10.8. The second kappa shape index (κ2) is 4.34. The topological polar surface area (TPSA) is 66.6 Å². The van der Waals surface area contributed by atoms with E-state index in [-0.39, 0.29) is 17.4 Å². The van der Waals surface area contributed by atoms with Gasteiger partial charge in [0.15, 0.2) is 0 Å². The average molecular weight is 228 g/mol. The molecule has 4 nitrogen and oxygen atoms in total. The van der Waals surface area contributed by atoms with Gasteiger partial charge in [-0.2, -0.15) is 0 Å². The number of carbonyl (C=O) groups is 1. The largest absolute Gasteiger partial charge is 0.388 e. The van der Waals surface area contributed by atoms with Gasteiger partial charge in [0, 0.05) is 25.6 Å². The number of nitrogens with two attached hydrogens (primary N) is 1. The lowest BCUT2D eigenvalue weighted by Crippen LogP contribution is -2.42. The van der Waals surface area contributed by atoms with Gasteiger partial charge in [-0.05, 0) is 18.8 Å². The van der Waals surface area contributed by atoms with E-state index < -0.39 is 5.60 Å². The third kappa shape index (κ3) is 3.46. The molecule has 0 aromatic rings. The Bertz CT molecular complexity index is 269. The molecular weight excluding hydrogens is 204 g/mol. The van der Waals surface area contributed by atoms with Gasteiger partial charge >= 0.3 is 0 Å². The van der Waals surface area contributed by atoms with Crippen LogP contribution in [0.3, 0.4) is 0 Å². The summed E-state index contributed by atoms with van der Waals surface area (Å²) in [7, 11) is 0. The second-order valence-electron chi connectivity index (χ2n) is 6.24. The van der Waals surface area contributed by atoms with E-state index in [1.54, 1.807) is 11.8 Å². The molecule has 0 spiro atoms. The van der Waals surface area contributed by atoms with Gasteiger partial charge in [-0.15, -0.1) is 0 Å². The highest BCUT2D eigenvalue weighted by molar-refractivity contribution is 5.77. The Hall–Kier alpha value is -0.610. The molecular formula is C12H24N2O2. The van der Waals surface area contributed by atoms with Gasteiger partial charge < -0.3 is 15.7 Å². The molecule has 94 valence electrons. The molecule has 0 aromatic heterocycles. The highest BCUT2D eigenvalue weighted by atomic mass is 16.3. The summed E-state index contributed by atoms with van der Waals surface area (Å²) in [6.45, 7) is 8.94. The predicted octanol–water partition coefficient (Wildman–Crippen LogP) is 0.733. The van der Waals surface area contributed by atoms with Crippen molar-refractivity contribution in [3.63, 3.8) is 0 Å². The van der Waals surface area contributed by atoms with Crippen molar-refractivity contribution in [2.24, 2.45) is 11.1 Å². The van der Waals surface area contributed by atoms with Crippen LogP contribution in [0.15, 0.2) is 0 Å². The number of nitrogens with zero attached hydrogens (tertiary/aromatic N) is 1. The Kier molecular flexibility index (Phi) is 3.65. The van der Waals surface area contributed by atoms with E-state index in [0.717, 1.165) is 0 Å². The molecule has 0 aromatic carbocycles. The van der Waals surface area contributed by atoms with Crippen molar-refractivity contribution in [3.8, 4) is 0 Å². The van der Waals surface area contributed by atoms with Crippen LogP contribution in [0, 0.1) is 5.41 Å². The Morgan fingerprint density at radius 3 is 2.50 bits per heavy atom. The lowest BCUT2D eigenvalue weighted by atomic mass is 9.85. The van der Waals surface area contributed by atoms with E-state index in [0.29, 0.717) is 25.9 Å². The lowest BCUT2D eigenvalue weighted by Gasteiger charge is -2.28. The smallest absolute Gasteiger partial charge is 0.224 e. The Labute approximate surface area is 97.8 Å². The number of hydrogen-bond acceptors (Lipinski definition) is 3. The van der Waals surface area contributed by atoms with Crippen LogP contribution in [0.2, 0.25) is 0 Å². The molecule has 4 heteroatoms. The minimum absolute atomic E-state index is 0.0557. The SMILES string of the molecule is CC1(O)CCN(C(=O)CC(N)C(C)(C)C)C1. The monoisotopic (exact) mass is 228 g/mol. The molecule has 0 saturated carbocycles. The first-order valence-corrected chi connectivity index (χ1v) is 5.87. The van der Waals surface area contributed by atoms with Gasteiger partial charge in [0.25, 0.3) is 0 Å². The molecule has 1 fully saturated rings. The van der Waals surface area contributed by atoms with Crippen LogP contribution in [0.25, 0.3) is 0 Å². The van der Waals surface area contributed by atoms with Gasteiger partial charge in [-0.3, -0.25) is 4.79 Å². The number of aliphatic hydroxyl groups is 1. The first kappa shape index (κ1) is 13.5. The van der Waals surface area contributed by atoms with Crippen LogP contribution in [0.1, 0.15) is 40.5 Å². The molecule has 0 radical (unpaired) electrons. The maximum Gasteiger partial charge on any atom is 0.224 e. The zero-order valence-electron chi connectivity index (χ0n) is 10.8. The van der Waals surface area contributed by atoms with Crippen LogP contribution >= 0.6 is 0 Å². The van der Waals surface area contributed by atoms with Gasteiger partial charge in [0.05, 0.1) is 5.60 Å². The molecule has 3 N–H and O–H groups in total.